The van der Waals surface area contributed by atoms with Crippen molar-refractivity contribution in [3.05, 3.63) is 29.3 Å². The molecule has 1 aromatic rings. The maximum Gasteiger partial charge on any atom is 0.247 e. The molecule has 1 aromatic carbocycles. The molecule has 10 atom stereocenters. The Bertz CT molecular complexity index is 1210. The highest BCUT2D eigenvalue weighted by Gasteiger charge is 2.55. The quantitative estimate of drug-likeness (QED) is 0.107. The fraction of sp³-hybridized carbons (Fsp3) is 0.615. The van der Waals surface area contributed by atoms with Crippen molar-refractivity contribution in [2.75, 3.05) is 23.7 Å². The van der Waals surface area contributed by atoms with Crippen molar-refractivity contribution >= 4 is 77.4 Å². The van der Waals surface area contributed by atoms with E-state index in [1.807, 2.05) is 0 Å². The van der Waals surface area contributed by atoms with Crippen LogP contribution >= 0.6 is 36.1 Å². The predicted molar refractivity (Wildman–Crippen MR) is 170 cm³/mol. The first-order valence-corrected chi connectivity index (χ1v) is 16.5. The van der Waals surface area contributed by atoms with Gasteiger partial charge in [-0.05, 0) is 78.7 Å². The summed E-state index contributed by atoms with van der Waals surface area (Å²) in [6.45, 7) is 2.78. The molecule has 2 saturated heterocycles. The summed E-state index contributed by atoms with van der Waals surface area (Å²) in [6.07, 6.45) is -8.26. The Kier molecular flexibility index (Phi) is 13.9. The SMILES string of the molecule is [B]CSOc1cc(/C=C(\C)C(=O)NC2C(O)C(O)C3OCOC3C2OSC[B])ccc1OC1OC(C(C)=O)C(OSC[B])C1O. The van der Waals surface area contributed by atoms with E-state index in [0.717, 1.165) is 36.1 Å². The number of fused-ring (bicyclic) bond motifs is 1. The third kappa shape index (κ3) is 8.76. The molecule has 10 unspecified atom stereocenters. The average molecular weight is 679 g/mol. The third-order valence-corrected chi connectivity index (χ3v) is 8.56. The fourth-order valence-electron chi connectivity index (χ4n) is 5.03. The van der Waals surface area contributed by atoms with Gasteiger partial charge in [-0.3, -0.25) is 9.59 Å². The van der Waals surface area contributed by atoms with Gasteiger partial charge in [0.15, 0.2) is 17.3 Å². The summed E-state index contributed by atoms with van der Waals surface area (Å²) in [5, 5.41) is 34.9. The van der Waals surface area contributed by atoms with E-state index in [4.69, 9.17) is 55.0 Å². The normalized spacial score (nSPS) is 33.0. The van der Waals surface area contributed by atoms with Gasteiger partial charge in [0.25, 0.3) is 0 Å². The molecule has 4 N–H and O–H groups in total. The summed E-state index contributed by atoms with van der Waals surface area (Å²) < 4.78 is 39.4. The Morgan fingerprint density at radius 3 is 2.27 bits per heavy atom. The number of carbonyl (C=O) groups is 2. The highest BCUT2D eigenvalue weighted by molar-refractivity contribution is 7.96. The number of aliphatic hydroxyl groups is 3. The second-order valence-corrected chi connectivity index (χ2v) is 12.4. The zero-order valence-electron chi connectivity index (χ0n) is 24.4. The minimum Gasteiger partial charge on any atom is -0.458 e. The molecule has 0 aromatic heterocycles. The minimum atomic E-state index is -1.41. The number of aliphatic hydroxyl groups excluding tert-OH is 3. The summed E-state index contributed by atoms with van der Waals surface area (Å²) in [4.78, 5) is 25.4. The molecule has 2 aliphatic heterocycles. The number of amides is 1. The van der Waals surface area contributed by atoms with Crippen molar-refractivity contribution in [3.8, 4) is 11.5 Å². The second-order valence-electron chi connectivity index (χ2n) is 10.1. The molecule has 4 rings (SSSR count). The van der Waals surface area contributed by atoms with Crippen LogP contribution in [0, 0.1) is 0 Å². The molecule has 1 saturated carbocycles. The summed E-state index contributed by atoms with van der Waals surface area (Å²) >= 11 is 2.73. The van der Waals surface area contributed by atoms with Gasteiger partial charge < -0.3 is 52.1 Å². The summed E-state index contributed by atoms with van der Waals surface area (Å²) in [6, 6.07) is 3.71. The van der Waals surface area contributed by atoms with Crippen LogP contribution in [0.4, 0.5) is 0 Å². The number of hydrogen-bond donors (Lipinski definition) is 4. The van der Waals surface area contributed by atoms with E-state index >= 15 is 0 Å². The van der Waals surface area contributed by atoms with Crippen LogP contribution in [0.25, 0.3) is 6.08 Å². The van der Waals surface area contributed by atoms with Crippen LogP contribution in [0.2, 0.25) is 0 Å². The lowest BCUT2D eigenvalue weighted by Crippen LogP contribution is -2.67. The minimum absolute atomic E-state index is 0.0940. The predicted octanol–water partition coefficient (Wildman–Crippen LogP) is -0.423. The molecular weight excluding hydrogens is 647 g/mol. The molecule has 6 radical (unpaired) electrons. The standard InChI is InChI=1S/C26H32B3NO12S3/c1-11(25(35)30-16-17(32)18(33)22-24(37-10-36-22)21(16)41-44-8-28)5-13-3-4-14(15(6-13)40-43-7-27)38-26-19(34)23(42-45-9-29)20(39-26)12(2)31/h3-6,16-24,26,32-34H,7-10H2,1-2H3,(H,30,35)/b11-5+. The molecule has 3 fully saturated rings. The molecule has 2 heterocycles. The van der Waals surface area contributed by atoms with Crippen molar-refractivity contribution in [3.63, 3.8) is 0 Å². The number of hydrogen-bond acceptors (Lipinski definition) is 15. The highest BCUT2D eigenvalue weighted by atomic mass is 32.2. The largest absolute Gasteiger partial charge is 0.458 e. The summed E-state index contributed by atoms with van der Waals surface area (Å²) in [5.74, 6) is -0.542. The highest BCUT2D eigenvalue weighted by Crippen LogP contribution is 2.37. The van der Waals surface area contributed by atoms with Crippen LogP contribution in [0.3, 0.4) is 0 Å². The van der Waals surface area contributed by atoms with Crippen molar-refractivity contribution in [1.82, 2.24) is 5.32 Å². The van der Waals surface area contributed by atoms with Gasteiger partial charge in [0, 0.05) is 17.6 Å². The zero-order valence-corrected chi connectivity index (χ0v) is 26.8. The Morgan fingerprint density at radius 1 is 0.933 bits per heavy atom. The van der Waals surface area contributed by atoms with E-state index in [9.17, 15) is 24.9 Å². The average Bonchev–Trinajstić information content (AvgIpc) is 3.63. The van der Waals surface area contributed by atoms with Crippen LogP contribution in [0.1, 0.15) is 19.4 Å². The van der Waals surface area contributed by atoms with Gasteiger partial charge in [0.1, 0.15) is 55.6 Å². The second kappa shape index (κ2) is 17.1. The summed E-state index contributed by atoms with van der Waals surface area (Å²) in [5.41, 5.74) is 1.11. The van der Waals surface area contributed by atoms with E-state index < -0.39 is 67.1 Å². The molecular formula is C26H32B3NO12S3. The lowest BCUT2D eigenvalue weighted by atomic mass is 9.83. The molecule has 3 aliphatic rings. The topological polar surface area (TPSA) is 171 Å². The first-order chi connectivity index (χ1) is 21.6. The summed E-state index contributed by atoms with van der Waals surface area (Å²) in [7, 11) is 16.6. The smallest absolute Gasteiger partial charge is 0.247 e. The van der Waals surface area contributed by atoms with Crippen LogP contribution in [0.5, 0.6) is 11.5 Å². The van der Waals surface area contributed by atoms with Gasteiger partial charge in [-0.25, -0.2) is 0 Å². The maximum atomic E-state index is 13.3. The lowest BCUT2D eigenvalue weighted by Gasteiger charge is -2.43. The maximum absolute atomic E-state index is 13.3. The van der Waals surface area contributed by atoms with E-state index in [1.54, 1.807) is 25.1 Å². The number of benzene rings is 1. The Morgan fingerprint density at radius 2 is 1.60 bits per heavy atom. The van der Waals surface area contributed by atoms with Crippen molar-refractivity contribution in [1.29, 1.82) is 0 Å². The fourth-order valence-corrected chi connectivity index (χ4v) is 6.27. The van der Waals surface area contributed by atoms with Crippen molar-refractivity contribution < 1.29 is 56.4 Å². The monoisotopic (exact) mass is 679 g/mol. The van der Waals surface area contributed by atoms with Gasteiger partial charge in [-0.1, -0.05) is 6.07 Å². The van der Waals surface area contributed by atoms with Crippen LogP contribution in [-0.2, 0) is 32.2 Å². The van der Waals surface area contributed by atoms with E-state index in [1.165, 1.54) is 13.0 Å². The molecule has 19 heteroatoms. The number of ketones is 1. The molecule has 0 spiro atoms. The Balaban J connectivity index is 1.50. The first kappa shape index (κ1) is 36.5. The number of ether oxygens (including phenoxy) is 4. The van der Waals surface area contributed by atoms with Crippen molar-refractivity contribution in [2.45, 2.75) is 75.0 Å². The van der Waals surface area contributed by atoms with Crippen LogP contribution in [0.15, 0.2) is 23.8 Å². The first-order valence-electron chi connectivity index (χ1n) is 13.8. The lowest BCUT2D eigenvalue weighted by molar-refractivity contribution is -0.147. The van der Waals surface area contributed by atoms with E-state index in [0.29, 0.717) is 5.56 Å². The van der Waals surface area contributed by atoms with Gasteiger partial charge in [-0.15, -0.1) is 0 Å². The van der Waals surface area contributed by atoms with Crippen LogP contribution in [-0.4, -0.2) is 135 Å². The molecule has 0 bridgehead atoms. The molecule has 240 valence electrons. The Labute approximate surface area is 278 Å². The Hall–Kier alpha value is -1.38. The number of carbonyl (C=O) groups excluding carboxylic acids is 2. The number of nitrogens with one attached hydrogen (secondary N) is 1. The number of Topliss-reactive ketones (excluding diaryl/α,β-unsaturated/α-hetero) is 1. The third-order valence-electron chi connectivity index (χ3n) is 7.13. The van der Waals surface area contributed by atoms with E-state index in [2.05, 4.69) is 5.32 Å². The molecule has 45 heavy (non-hydrogen) atoms. The molecule has 1 amide bonds. The van der Waals surface area contributed by atoms with Gasteiger partial charge in [0.2, 0.25) is 12.2 Å². The van der Waals surface area contributed by atoms with E-state index in [-0.39, 0.29) is 46.6 Å². The number of rotatable bonds is 15. The van der Waals surface area contributed by atoms with Crippen molar-refractivity contribution in [2.24, 2.45) is 0 Å². The van der Waals surface area contributed by atoms with Gasteiger partial charge in [0.05, 0.1) is 29.6 Å². The molecule has 13 nitrogen and oxygen atoms in total. The van der Waals surface area contributed by atoms with Gasteiger partial charge in [-0.2, -0.15) is 0 Å². The van der Waals surface area contributed by atoms with Gasteiger partial charge >= 0.3 is 0 Å². The molecule has 1 aliphatic carbocycles. The zero-order chi connectivity index (χ0) is 32.7. The van der Waals surface area contributed by atoms with Crippen LogP contribution < -0.4 is 14.2 Å².